The largest absolute Gasteiger partial charge is 0.325 e. The second-order valence-electron chi connectivity index (χ2n) is 8.13. The van der Waals surface area contributed by atoms with Crippen LogP contribution in [0.15, 0.2) is 57.9 Å². The summed E-state index contributed by atoms with van der Waals surface area (Å²) in [6.07, 6.45) is 2.58. The molecule has 1 N–H and O–H groups in total. The van der Waals surface area contributed by atoms with E-state index in [2.05, 4.69) is 26.1 Å². The SMILES string of the molecule is CN1CCN(S(=O)(=O)c2cccc(NC(=O)C3(c4ccc(Br)cc4)CCC3)c2)CC1. The van der Waals surface area contributed by atoms with Crippen LogP contribution in [0.2, 0.25) is 0 Å². The highest BCUT2D eigenvalue weighted by molar-refractivity contribution is 9.10. The van der Waals surface area contributed by atoms with Crippen molar-refractivity contribution in [2.24, 2.45) is 0 Å². The van der Waals surface area contributed by atoms with Gasteiger partial charge < -0.3 is 10.2 Å². The van der Waals surface area contributed by atoms with Gasteiger partial charge in [0.05, 0.1) is 10.3 Å². The van der Waals surface area contributed by atoms with Crippen molar-refractivity contribution >= 4 is 37.5 Å². The zero-order chi connectivity index (χ0) is 21.4. The van der Waals surface area contributed by atoms with Gasteiger partial charge in [0, 0.05) is 36.3 Å². The molecule has 0 atom stereocenters. The Labute approximate surface area is 186 Å². The maximum atomic E-state index is 13.2. The first-order chi connectivity index (χ1) is 14.3. The van der Waals surface area contributed by atoms with Crippen LogP contribution in [0.4, 0.5) is 5.69 Å². The predicted octanol–water partition coefficient (Wildman–Crippen LogP) is 3.45. The molecule has 6 nitrogen and oxygen atoms in total. The van der Waals surface area contributed by atoms with E-state index in [-0.39, 0.29) is 10.8 Å². The minimum atomic E-state index is -3.58. The number of anilines is 1. The molecule has 2 aliphatic rings. The zero-order valence-corrected chi connectivity index (χ0v) is 19.4. The third-order valence-corrected chi connectivity index (χ3v) is 8.65. The molecule has 2 aromatic carbocycles. The molecule has 30 heavy (non-hydrogen) atoms. The summed E-state index contributed by atoms with van der Waals surface area (Å²) >= 11 is 3.44. The van der Waals surface area contributed by atoms with Crippen LogP contribution in [-0.4, -0.2) is 56.8 Å². The summed E-state index contributed by atoms with van der Waals surface area (Å²) in [6, 6.07) is 14.5. The quantitative estimate of drug-likeness (QED) is 0.695. The number of hydrogen-bond acceptors (Lipinski definition) is 4. The number of carbonyl (C=O) groups excluding carboxylic acids is 1. The van der Waals surface area contributed by atoms with E-state index in [1.165, 1.54) is 4.31 Å². The molecule has 1 aliphatic heterocycles. The average Bonchev–Trinajstić information content (AvgIpc) is 2.69. The van der Waals surface area contributed by atoms with Gasteiger partial charge in [-0.15, -0.1) is 0 Å². The molecule has 0 aromatic heterocycles. The third-order valence-electron chi connectivity index (χ3n) is 6.23. The molecule has 0 bridgehead atoms. The second kappa shape index (κ2) is 8.42. The number of carbonyl (C=O) groups is 1. The smallest absolute Gasteiger partial charge is 0.243 e. The molecular weight excluding hydrogens is 466 g/mol. The van der Waals surface area contributed by atoms with Crippen LogP contribution in [0.1, 0.15) is 24.8 Å². The Morgan fingerprint density at radius 2 is 1.70 bits per heavy atom. The topological polar surface area (TPSA) is 69.7 Å². The van der Waals surface area contributed by atoms with Crippen LogP contribution in [0.25, 0.3) is 0 Å². The van der Waals surface area contributed by atoms with Crippen molar-refractivity contribution in [3.8, 4) is 0 Å². The first-order valence-electron chi connectivity index (χ1n) is 10.2. The summed E-state index contributed by atoms with van der Waals surface area (Å²) in [6.45, 7) is 2.38. The first-order valence-corrected chi connectivity index (χ1v) is 12.4. The number of benzene rings is 2. The van der Waals surface area contributed by atoms with Gasteiger partial charge in [-0.3, -0.25) is 4.79 Å². The van der Waals surface area contributed by atoms with E-state index in [0.717, 1.165) is 29.3 Å². The number of sulfonamides is 1. The molecule has 1 saturated carbocycles. The van der Waals surface area contributed by atoms with Crippen molar-refractivity contribution in [2.45, 2.75) is 29.6 Å². The lowest BCUT2D eigenvalue weighted by molar-refractivity contribution is -0.124. The highest BCUT2D eigenvalue weighted by Gasteiger charge is 2.45. The van der Waals surface area contributed by atoms with E-state index in [9.17, 15) is 13.2 Å². The molecule has 1 saturated heterocycles. The van der Waals surface area contributed by atoms with Crippen LogP contribution in [0, 0.1) is 0 Å². The van der Waals surface area contributed by atoms with Gasteiger partial charge in [-0.05, 0) is 55.8 Å². The molecule has 1 amide bonds. The van der Waals surface area contributed by atoms with Gasteiger partial charge in [0.15, 0.2) is 0 Å². The first kappa shape index (κ1) is 21.5. The van der Waals surface area contributed by atoms with Gasteiger partial charge in [-0.2, -0.15) is 4.31 Å². The highest BCUT2D eigenvalue weighted by Crippen LogP contribution is 2.45. The Balaban J connectivity index is 1.54. The molecule has 1 heterocycles. The van der Waals surface area contributed by atoms with Crippen molar-refractivity contribution in [1.29, 1.82) is 0 Å². The maximum Gasteiger partial charge on any atom is 0.243 e. The lowest BCUT2D eigenvalue weighted by Gasteiger charge is -2.40. The van der Waals surface area contributed by atoms with Gasteiger partial charge in [-0.25, -0.2) is 8.42 Å². The third kappa shape index (κ3) is 4.06. The van der Waals surface area contributed by atoms with E-state index in [1.54, 1.807) is 24.3 Å². The Hall–Kier alpha value is -1.74. The van der Waals surface area contributed by atoms with E-state index < -0.39 is 15.4 Å². The lowest BCUT2D eigenvalue weighted by atomic mass is 9.64. The van der Waals surface area contributed by atoms with Crippen molar-refractivity contribution < 1.29 is 13.2 Å². The average molecular weight is 492 g/mol. The summed E-state index contributed by atoms with van der Waals surface area (Å²) in [4.78, 5) is 15.5. The van der Waals surface area contributed by atoms with E-state index >= 15 is 0 Å². The molecule has 0 unspecified atom stereocenters. The summed E-state index contributed by atoms with van der Waals surface area (Å²) in [7, 11) is -1.59. The summed E-state index contributed by atoms with van der Waals surface area (Å²) in [5.41, 5.74) is 0.960. The van der Waals surface area contributed by atoms with Gasteiger partial charge in [-0.1, -0.05) is 40.5 Å². The fourth-order valence-electron chi connectivity index (χ4n) is 4.11. The van der Waals surface area contributed by atoms with Gasteiger partial charge in [0.1, 0.15) is 0 Å². The monoisotopic (exact) mass is 491 g/mol. The predicted molar refractivity (Wildman–Crippen MR) is 121 cm³/mol. The standard InChI is InChI=1S/C22H26BrN3O3S/c1-25-12-14-26(15-13-25)30(28,29)20-5-2-4-19(16-20)24-21(27)22(10-3-11-22)17-6-8-18(23)9-7-17/h2,4-9,16H,3,10-15H2,1H3,(H,24,27). The number of halogens is 1. The Kier molecular flexibility index (Phi) is 6.03. The number of nitrogens with zero attached hydrogens (tertiary/aromatic N) is 2. The van der Waals surface area contributed by atoms with E-state index in [1.807, 2.05) is 31.3 Å². The molecule has 2 fully saturated rings. The number of piperazine rings is 1. The van der Waals surface area contributed by atoms with Crippen LogP contribution in [-0.2, 0) is 20.2 Å². The van der Waals surface area contributed by atoms with E-state index in [4.69, 9.17) is 0 Å². The fourth-order valence-corrected chi connectivity index (χ4v) is 5.84. The molecule has 0 spiro atoms. The van der Waals surface area contributed by atoms with Crippen LogP contribution < -0.4 is 5.32 Å². The van der Waals surface area contributed by atoms with Crippen LogP contribution >= 0.6 is 15.9 Å². The Bertz CT molecular complexity index is 1030. The van der Waals surface area contributed by atoms with Gasteiger partial charge in [0.25, 0.3) is 0 Å². The highest BCUT2D eigenvalue weighted by atomic mass is 79.9. The molecule has 2 aromatic rings. The molecule has 160 valence electrons. The van der Waals surface area contributed by atoms with Crippen molar-refractivity contribution in [3.05, 3.63) is 58.6 Å². The molecule has 1 aliphatic carbocycles. The molecule has 0 radical (unpaired) electrons. The number of nitrogens with one attached hydrogen (secondary N) is 1. The summed E-state index contributed by atoms with van der Waals surface area (Å²) in [5, 5.41) is 2.98. The number of amides is 1. The lowest BCUT2D eigenvalue weighted by Crippen LogP contribution is -2.47. The summed E-state index contributed by atoms with van der Waals surface area (Å²) in [5.74, 6) is -0.0785. The second-order valence-corrected chi connectivity index (χ2v) is 11.0. The van der Waals surface area contributed by atoms with Crippen molar-refractivity contribution in [1.82, 2.24) is 9.21 Å². The van der Waals surface area contributed by atoms with Gasteiger partial charge >= 0.3 is 0 Å². The molecule has 4 rings (SSSR count). The minimum absolute atomic E-state index is 0.0785. The number of rotatable bonds is 5. The van der Waals surface area contributed by atoms with Crippen molar-refractivity contribution in [3.63, 3.8) is 0 Å². The summed E-state index contributed by atoms with van der Waals surface area (Å²) < 4.78 is 28.6. The van der Waals surface area contributed by atoms with Crippen molar-refractivity contribution in [2.75, 3.05) is 38.5 Å². The minimum Gasteiger partial charge on any atom is -0.325 e. The van der Waals surface area contributed by atoms with Crippen LogP contribution in [0.5, 0.6) is 0 Å². The molecule has 8 heteroatoms. The Morgan fingerprint density at radius 1 is 1.03 bits per heavy atom. The maximum absolute atomic E-state index is 13.2. The number of likely N-dealkylation sites (N-methyl/N-ethyl adjacent to an activating group) is 1. The number of hydrogen-bond donors (Lipinski definition) is 1. The van der Waals surface area contributed by atoms with Crippen LogP contribution in [0.3, 0.4) is 0 Å². The normalized spacial score (nSPS) is 19.8. The molecular formula is C22H26BrN3O3S. The Morgan fingerprint density at radius 3 is 2.30 bits per heavy atom. The fraction of sp³-hybridized carbons (Fsp3) is 0.409. The van der Waals surface area contributed by atoms with Gasteiger partial charge in [0.2, 0.25) is 15.9 Å². The van der Waals surface area contributed by atoms with E-state index in [0.29, 0.717) is 31.9 Å². The zero-order valence-electron chi connectivity index (χ0n) is 17.0.